The van der Waals surface area contributed by atoms with Gasteiger partial charge in [0.1, 0.15) is 5.82 Å². The van der Waals surface area contributed by atoms with Gasteiger partial charge in [0, 0.05) is 19.3 Å². The van der Waals surface area contributed by atoms with Crippen LogP contribution in [0.5, 0.6) is 0 Å². The van der Waals surface area contributed by atoms with Crippen LogP contribution in [0.1, 0.15) is 36.5 Å². The summed E-state index contributed by atoms with van der Waals surface area (Å²) >= 11 is 6.05. The summed E-state index contributed by atoms with van der Waals surface area (Å²) in [4.78, 5) is 16.0. The van der Waals surface area contributed by atoms with Crippen molar-refractivity contribution in [3.63, 3.8) is 0 Å². The molecule has 0 aliphatic heterocycles. The van der Waals surface area contributed by atoms with Crippen molar-refractivity contribution in [2.75, 3.05) is 18.4 Å². The minimum absolute atomic E-state index is 0.0978. The lowest BCUT2D eigenvalue weighted by molar-refractivity contribution is 0.0939. The van der Waals surface area contributed by atoms with Crippen molar-refractivity contribution in [2.45, 2.75) is 26.2 Å². The molecule has 0 aromatic carbocycles. The number of carbonyl (C=O) groups is 1. The average molecular weight is 268 g/mol. The molecule has 98 valence electrons. The van der Waals surface area contributed by atoms with Gasteiger partial charge in [0.25, 0.3) is 5.91 Å². The fraction of sp³-hybridized carbons (Fsp3) is 0.538. The topological polar surface area (TPSA) is 54.0 Å². The summed E-state index contributed by atoms with van der Waals surface area (Å²) in [5.74, 6) is 1.17. The highest BCUT2D eigenvalue weighted by molar-refractivity contribution is 6.33. The van der Waals surface area contributed by atoms with E-state index in [9.17, 15) is 4.79 Å². The van der Waals surface area contributed by atoms with Gasteiger partial charge in [-0.2, -0.15) is 0 Å². The highest BCUT2D eigenvalue weighted by atomic mass is 35.5. The van der Waals surface area contributed by atoms with E-state index < -0.39 is 0 Å². The Morgan fingerprint density at radius 3 is 2.89 bits per heavy atom. The number of nitrogens with one attached hydrogen (secondary N) is 2. The zero-order valence-electron chi connectivity index (χ0n) is 10.5. The maximum absolute atomic E-state index is 11.9. The molecule has 0 bridgehead atoms. The van der Waals surface area contributed by atoms with Crippen molar-refractivity contribution in [3.8, 4) is 0 Å². The molecule has 0 unspecified atom stereocenters. The third kappa shape index (κ3) is 3.13. The van der Waals surface area contributed by atoms with Gasteiger partial charge in [-0.1, -0.05) is 18.0 Å². The normalized spacial score (nSPS) is 15.0. The van der Waals surface area contributed by atoms with Gasteiger partial charge in [-0.15, -0.1) is 0 Å². The number of nitrogens with zero attached hydrogens (tertiary/aromatic N) is 1. The molecule has 1 fully saturated rings. The lowest BCUT2D eigenvalue weighted by atomic mass is 9.85. The van der Waals surface area contributed by atoms with Crippen molar-refractivity contribution in [2.24, 2.45) is 5.92 Å². The zero-order chi connectivity index (χ0) is 13.0. The highest BCUT2D eigenvalue weighted by Gasteiger charge is 2.18. The van der Waals surface area contributed by atoms with E-state index in [1.807, 2.05) is 6.92 Å². The molecule has 1 aliphatic rings. The van der Waals surface area contributed by atoms with Gasteiger partial charge in [-0.25, -0.2) is 4.98 Å². The van der Waals surface area contributed by atoms with E-state index >= 15 is 0 Å². The van der Waals surface area contributed by atoms with E-state index in [0.717, 1.165) is 13.1 Å². The van der Waals surface area contributed by atoms with Gasteiger partial charge in [-0.3, -0.25) is 4.79 Å². The Kier molecular flexibility index (Phi) is 4.42. The van der Waals surface area contributed by atoms with E-state index in [1.165, 1.54) is 19.3 Å². The molecular weight excluding hydrogens is 250 g/mol. The van der Waals surface area contributed by atoms with Crippen LogP contribution in [0.15, 0.2) is 12.3 Å². The van der Waals surface area contributed by atoms with Crippen molar-refractivity contribution in [1.29, 1.82) is 0 Å². The number of rotatable bonds is 5. The van der Waals surface area contributed by atoms with E-state index in [4.69, 9.17) is 11.6 Å². The second-order valence-corrected chi connectivity index (χ2v) is 5.00. The number of amides is 1. The van der Waals surface area contributed by atoms with Gasteiger partial charge in [-0.05, 0) is 31.7 Å². The first-order valence-corrected chi connectivity index (χ1v) is 6.76. The summed E-state index contributed by atoms with van der Waals surface area (Å²) < 4.78 is 0. The molecule has 2 N–H and O–H groups in total. The predicted molar refractivity (Wildman–Crippen MR) is 73.1 cm³/mol. The van der Waals surface area contributed by atoms with Gasteiger partial charge >= 0.3 is 0 Å². The zero-order valence-corrected chi connectivity index (χ0v) is 11.3. The molecule has 2 rings (SSSR count). The third-order valence-electron chi connectivity index (χ3n) is 3.22. The van der Waals surface area contributed by atoms with E-state index in [-0.39, 0.29) is 5.91 Å². The average Bonchev–Trinajstić information content (AvgIpc) is 2.30. The van der Waals surface area contributed by atoms with E-state index in [2.05, 4.69) is 15.6 Å². The first-order chi connectivity index (χ1) is 8.70. The van der Waals surface area contributed by atoms with Crippen molar-refractivity contribution < 1.29 is 4.79 Å². The maximum atomic E-state index is 11.9. The van der Waals surface area contributed by atoms with Gasteiger partial charge in [0.05, 0.1) is 10.6 Å². The smallest absolute Gasteiger partial charge is 0.252 e. The molecule has 0 atom stereocenters. The Labute approximate surface area is 112 Å². The first kappa shape index (κ1) is 13.1. The standard InChI is InChI=1S/C13H18ClN3O/c1-2-15-12-11(14)6-10(8-16-12)13(18)17-7-9-4-3-5-9/h6,8-9H,2-5,7H2,1H3,(H,15,16)(H,17,18). The van der Waals surface area contributed by atoms with Crippen LogP contribution in [0.25, 0.3) is 0 Å². The number of halogens is 1. The van der Waals surface area contributed by atoms with Crippen LogP contribution < -0.4 is 10.6 Å². The highest BCUT2D eigenvalue weighted by Crippen LogP contribution is 2.25. The Morgan fingerprint density at radius 2 is 2.33 bits per heavy atom. The second-order valence-electron chi connectivity index (χ2n) is 4.59. The molecule has 1 aromatic heterocycles. The number of hydrogen-bond donors (Lipinski definition) is 2. The summed E-state index contributed by atoms with van der Waals surface area (Å²) in [5, 5.41) is 6.44. The molecule has 1 heterocycles. The molecule has 1 aromatic rings. The monoisotopic (exact) mass is 267 g/mol. The summed E-state index contributed by atoms with van der Waals surface area (Å²) in [6.07, 6.45) is 5.28. The van der Waals surface area contributed by atoms with E-state index in [0.29, 0.717) is 22.3 Å². The number of anilines is 1. The summed E-state index contributed by atoms with van der Waals surface area (Å²) in [6, 6.07) is 1.66. The molecule has 1 amide bonds. The maximum Gasteiger partial charge on any atom is 0.252 e. The molecule has 18 heavy (non-hydrogen) atoms. The molecule has 0 radical (unpaired) electrons. The Hall–Kier alpha value is -1.29. The van der Waals surface area contributed by atoms with Crippen LogP contribution in [-0.2, 0) is 0 Å². The van der Waals surface area contributed by atoms with Gasteiger partial charge in [0.2, 0.25) is 0 Å². The fourth-order valence-electron chi connectivity index (χ4n) is 1.90. The molecule has 4 nitrogen and oxygen atoms in total. The van der Waals surface area contributed by atoms with Crippen LogP contribution in [0.4, 0.5) is 5.82 Å². The lowest BCUT2D eigenvalue weighted by Gasteiger charge is -2.25. The van der Waals surface area contributed by atoms with Gasteiger partial charge < -0.3 is 10.6 Å². The van der Waals surface area contributed by atoms with Crippen LogP contribution >= 0.6 is 11.6 Å². The second kappa shape index (κ2) is 6.05. The van der Waals surface area contributed by atoms with Crippen LogP contribution in [0.3, 0.4) is 0 Å². The number of pyridine rings is 1. The molecule has 0 spiro atoms. The van der Waals surface area contributed by atoms with Crippen LogP contribution in [0, 0.1) is 5.92 Å². The number of carbonyl (C=O) groups excluding carboxylic acids is 1. The van der Waals surface area contributed by atoms with Crippen molar-refractivity contribution in [3.05, 3.63) is 22.8 Å². The minimum Gasteiger partial charge on any atom is -0.369 e. The minimum atomic E-state index is -0.0978. The van der Waals surface area contributed by atoms with Crippen LogP contribution in [0.2, 0.25) is 5.02 Å². The molecular formula is C13H18ClN3O. The number of hydrogen-bond acceptors (Lipinski definition) is 3. The van der Waals surface area contributed by atoms with Gasteiger partial charge in [0.15, 0.2) is 0 Å². The summed E-state index contributed by atoms with van der Waals surface area (Å²) in [5.41, 5.74) is 0.515. The molecule has 0 saturated heterocycles. The largest absolute Gasteiger partial charge is 0.369 e. The molecule has 1 aliphatic carbocycles. The lowest BCUT2D eigenvalue weighted by Crippen LogP contribution is -2.32. The SMILES string of the molecule is CCNc1ncc(C(=O)NCC2CCC2)cc1Cl. The Morgan fingerprint density at radius 1 is 1.56 bits per heavy atom. The molecule has 5 heteroatoms. The van der Waals surface area contributed by atoms with Crippen molar-refractivity contribution in [1.82, 2.24) is 10.3 Å². The number of aromatic nitrogens is 1. The van der Waals surface area contributed by atoms with E-state index in [1.54, 1.807) is 12.3 Å². The summed E-state index contributed by atoms with van der Waals surface area (Å²) in [7, 11) is 0. The fourth-order valence-corrected chi connectivity index (χ4v) is 2.13. The molecule has 1 saturated carbocycles. The first-order valence-electron chi connectivity index (χ1n) is 6.38. The Bertz CT molecular complexity index is 432. The summed E-state index contributed by atoms with van der Waals surface area (Å²) in [6.45, 7) is 3.47. The third-order valence-corrected chi connectivity index (χ3v) is 3.51. The quantitative estimate of drug-likeness (QED) is 0.862. The predicted octanol–water partition coefficient (Wildman–Crippen LogP) is 2.70. The Balaban J connectivity index is 1.94. The van der Waals surface area contributed by atoms with Crippen LogP contribution in [-0.4, -0.2) is 24.0 Å². The van der Waals surface area contributed by atoms with Crippen molar-refractivity contribution >= 4 is 23.3 Å².